The highest BCUT2D eigenvalue weighted by atomic mass is 16.6. The molecule has 0 unspecified atom stereocenters. The molecular formula is C28H36O10. The summed E-state index contributed by atoms with van der Waals surface area (Å²) in [5, 5.41) is 11.3. The van der Waals surface area contributed by atoms with Crippen molar-refractivity contribution in [1.29, 1.82) is 0 Å². The Morgan fingerprint density at radius 3 is 2.03 bits per heavy atom. The van der Waals surface area contributed by atoms with Gasteiger partial charge in [-0.1, -0.05) is 25.1 Å². The van der Waals surface area contributed by atoms with Crippen LogP contribution in [0.3, 0.4) is 0 Å². The first-order chi connectivity index (χ1) is 17.8. The summed E-state index contributed by atoms with van der Waals surface area (Å²) in [6, 6.07) is 8.39. The second-order valence-electron chi connectivity index (χ2n) is 11.1. The Labute approximate surface area is 221 Å². The third kappa shape index (κ3) is 4.27. The monoisotopic (exact) mass is 532 g/mol. The van der Waals surface area contributed by atoms with Crippen LogP contribution < -0.4 is 0 Å². The molecule has 1 spiro atoms. The van der Waals surface area contributed by atoms with E-state index in [1.54, 1.807) is 30.3 Å². The maximum Gasteiger partial charge on any atom is 0.338 e. The van der Waals surface area contributed by atoms with E-state index < -0.39 is 83.4 Å². The second kappa shape index (κ2) is 9.96. The van der Waals surface area contributed by atoms with Crippen molar-refractivity contribution in [2.45, 2.75) is 90.0 Å². The Balaban J connectivity index is 1.95. The molecule has 1 aromatic rings. The molecule has 10 heteroatoms. The Bertz CT molecular complexity index is 1100. The molecule has 1 N–H and O–H groups in total. The zero-order chi connectivity index (χ0) is 28.0. The number of aliphatic hydroxyl groups excluding tert-OH is 1. The van der Waals surface area contributed by atoms with Gasteiger partial charge in [0.1, 0.15) is 29.3 Å². The molecule has 0 radical (unpaired) electrons. The minimum absolute atomic E-state index is 0.142. The van der Waals surface area contributed by atoms with Gasteiger partial charge in [-0.05, 0) is 44.7 Å². The normalized spacial score (nSPS) is 36.9. The van der Waals surface area contributed by atoms with E-state index in [1.165, 1.54) is 20.8 Å². The van der Waals surface area contributed by atoms with Crippen LogP contribution in [0.5, 0.6) is 0 Å². The average Bonchev–Trinajstić information content (AvgIpc) is 2.98. The van der Waals surface area contributed by atoms with Gasteiger partial charge < -0.3 is 28.8 Å². The molecule has 1 aliphatic heterocycles. The summed E-state index contributed by atoms with van der Waals surface area (Å²) in [4.78, 5) is 50.2. The van der Waals surface area contributed by atoms with Crippen LogP contribution in [0.1, 0.15) is 64.7 Å². The first-order valence-electron chi connectivity index (χ1n) is 12.9. The Hall–Kier alpha value is -2.98. The van der Waals surface area contributed by atoms with E-state index in [0.717, 1.165) is 0 Å². The Morgan fingerprint density at radius 1 is 0.895 bits per heavy atom. The minimum Gasteiger partial charge on any atom is -0.459 e. The lowest BCUT2D eigenvalue weighted by Crippen LogP contribution is -2.78. The molecule has 3 fully saturated rings. The number of fused-ring (bicyclic) bond motifs is 1. The van der Waals surface area contributed by atoms with Crippen LogP contribution in [0.4, 0.5) is 0 Å². The molecule has 0 aromatic heterocycles. The molecule has 1 heterocycles. The van der Waals surface area contributed by atoms with E-state index in [1.807, 2.05) is 20.8 Å². The zero-order valence-corrected chi connectivity index (χ0v) is 22.6. The van der Waals surface area contributed by atoms with E-state index in [9.17, 15) is 24.3 Å². The van der Waals surface area contributed by atoms with Crippen LogP contribution >= 0.6 is 0 Å². The van der Waals surface area contributed by atoms with Gasteiger partial charge in [-0.3, -0.25) is 14.4 Å². The highest BCUT2D eigenvalue weighted by Crippen LogP contribution is 2.67. The summed E-state index contributed by atoms with van der Waals surface area (Å²) in [7, 11) is 0. The van der Waals surface area contributed by atoms with Crippen LogP contribution in [0.2, 0.25) is 0 Å². The fourth-order valence-corrected chi connectivity index (χ4v) is 7.19. The van der Waals surface area contributed by atoms with Crippen molar-refractivity contribution >= 4 is 23.9 Å². The third-order valence-electron chi connectivity index (χ3n) is 8.47. The van der Waals surface area contributed by atoms with Gasteiger partial charge in [0.15, 0.2) is 6.10 Å². The maximum absolute atomic E-state index is 13.3. The zero-order valence-electron chi connectivity index (χ0n) is 22.6. The van der Waals surface area contributed by atoms with Gasteiger partial charge in [-0.15, -0.1) is 0 Å². The van der Waals surface area contributed by atoms with E-state index in [4.69, 9.17) is 23.7 Å². The minimum atomic E-state index is -1.63. The largest absolute Gasteiger partial charge is 0.459 e. The van der Waals surface area contributed by atoms with Crippen LogP contribution in [0, 0.1) is 17.3 Å². The molecule has 208 valence electrons. The predicted octanol–water partition coefficient (Wildman–Crippen LogP) is 2.59. The average molecular weight is 533 g/mol. The van der Waals surface area contributed by atoms with Crippen molar-refractivity contribution in [3.8, 4) is 0 Å². The summed E-state index contributed by atoms with van der Waals surface area (Å²) in [6.07, 6.45) is -3.78. The molecule has 2 bridgehead atoms. The maximum atomic E-state index is 13.3. The van der Waals surface area contributed by atoms with Gasteiger partial charge in [0.2, 0.25) is 0 Å². The first kappa shape index (κ1) is 28.0. The van der Waals surface area contributed by atoms with Gasteiger partial charge >= 0.3 is 23.9 Å². The third-order valence-corrected chi connectivity index (χ3v) is 8.47. The number of rotatable bonds is 6. The summed E-state index contributed by atoms with van der Waals surface area (Å²) in [5.74, 6) is -3.33. The molecule has 0 amide bonds. The number of ether oxygens (including phenoxy) is 5. The van der Waals surface area contributed by atoms with E-state index in [0.29, 0.717) is 5.56 Å². The van der Waals surface area contributed by atoms with Gasteiger partial charge in [-0.25, -0.2) is 4.79 Å². The summed E-state index contributed by atoms with van der Waals surface area (Å²) >= 11 is 0. The predicted molar refractivity (Wildman–Crippen MR) is 132 cm³/mol. The quantitative estimate of drug-likeness (QED) is 0.430. The number of carbonyl (C=O) groups is 4. The number of hydrogen-bond donors (Lipinski definition) is 1. The highest BCUT2D eigenvalue weighted by molar-refractivity contribution is 5.89. The smallest absolute Gasteiger partial charge is 0.338 e. The van der Waals surface area contributed by atoms with Crippen LogP contribution in [0.25, 0.3) is 0 Å². The van der Waals surface area contributed by atoms with E-state index >= 15 is 0 Å². The highest BCUT2D eigenvalue weighted by Gasteiger charge is 2.82. The number of aliphatic hydroxyl groups is 1. The van der Waals surface area contributed by atoms with Crippen molar-refractivity contribution in [1.82, 2.24) is 0 Å². The molecule has 2 aliphatic carbocycles. The lowest BCUT2D eigenvalue weighted by molar-refractivity contribution is -0.318. The molecule has 38 heavy (non-hydrogen) atoms. The molecular weight excluding hydrogens is 496 g/mol. The number of hydrogen-bond acceptors (Lipinski definition) is 10. The van der Waals surface area contributed by atoms with E-state index in [2.05, 4.69) is 0 Å². The summed E-state index contributed by atoms with van der Waals surface area (Å²) < 4.78 is 30.3. The van der Waals surface area contributed by atoms with Crippen molar-refractivity contribution in [2.75, 3.05) is 6.61 Å². The Morgan fingerprint density at radius 2 is 1.47 bits per heavy atom. The number of carbonyl (C=O) groups excluding carboxylic acids is 4. The lowest BCUT2D eigenvalue weighted by Gasteiger charge is -2.63. The van der Waals surface area contributed by atoms with Crippen LogP contribution in [0.15, 0.2) is 30.3 Å². The Kier molecular flexibility index (Phi) is 7.35. The van der Waals surface area contributed by atoms with Crippen LogP contribution in [-0.4, -0.2) is 71.2 Å². The topological polar surface area (TPSA) is 135 Å². The van der Waals surface area contributed by atoms with Crippen LogP contribution in [-0.2, 0) is 38.1 Å². The van der Waals surface area contributed by atoms with Crippen molar-refractivity contribution in [2.24, 2.45) is 17.3 Å². The van der Waals surface area contributed by atoms with E-state index in [-0.39, 0.29) is 12.8 Å². The van der Waals surface area contributed by atoms with Crippen molar-refractivity contribution in [3.05, 3.63) is 35.9 Å². The summed E-state index contributed by atoms with van der Waals surface area (Å²) in [5.41, 5.74) is -3.63. The number of benzene rings is 1. The molecule has 3 aliphatic rings. The molecule has 1 saturated heterocycles. The van der Waals surface area contributed by atoms with Crippen molar-refractivity contribution < 1.29 is 48.0 Å². The standard InChI is InChI=1S/C28H36O10/c1-15-12-21(34-16(2)30)24(36-18(4)32)27(14-29)22(37-25(33)19-10-8-7-9-11-19)13-20-23(35-17(3)31)28(15,27)38-26(20,5)6/h7-11,15,20-24,29H,12-14H2,1-6H3/t15-,20+,21-,22+,23-,24-,27+,28+/m1/s1. The van der Waals surface area contributed by atoms with Gasteiger partial charge in [0.05, 0.1) is 17.8 Å². The van der Waals surface area contributed by atoms with Gasteiger partial charge in [0.25, 0.3) is 0 Å². The van der Waals surface area contributed by atoms with Crippen molar-refractivity contribution in [3.63, 3.8) is 0 Å². The second-order valence-corrected chi connectivity index (χ2v) is 11.1. The molecule has 4 rings (SSSR count). The summed E-state index contributed by atoms with van der Waals surface area (Å²) in [6.45, 7) is 8.65. The fraction of sp³-hybridized carbons (Fsp3) is 0.643. The number of esters is 4. The lowest BCUT2D eigenvalue weighted by atomic mass is 9.48. The fourth-order valence-electron chi connectivity index (χ4n) is 7.19. The molecule has 10 nitrogen and oxygen atoms in total. The SMILES string of the molecule is CC(=O)O[C@@H]1[C@H](OC(C)=O)C[C@@H](C)[C@@]23OC(C)(C)[C@@H](C[C@H](OC(=O)c4ccccc4)[C@@]12CO)[C@H]3OC(C)=O. The van der Waals surface area contributed by atoms with Gasteiger partial charge in [0, 0.05) is 26.7 Å². The van der Waals surface area contributed by atoms with Gasteiger partial charge in [-0.2, -0.15) is 0 Å². The molecule has 2 saturated carbocycles. The molecule has 8 atom stereocenters. The first-order valence-corrected chi connectivity index (χ1v) is 12.9. The molecule has 1 aromatic carbocycles.